The second kappa shape index (κ2) is 7.74. The number of thiazole rings is 1. The molecule has 154 valence electrons. The predicted octanol–water partition coefficient (Wildman–Crippen LogP) is 4.35. The third-order valence-corrected chi connectivity index (χ3v) is 6.66. The number of benzene rings is 2. The molecule has 0 spiro atoms. The van der Waals surface area contributed by atoms with Crippen molar-refractivity contribution in [1.82, 2.24) is 19.5 Å². The molecule has 30 heavy (non-hydrogen) atoms. The van der Waals surface area contributed by atoms with Crippen LogP contribution in [0.1, 0.15) is 40.4 Å². The van der Waals surface area contributed by atoms with Gasteiger partial charge in [0.15, 0.2) is 0 Å². The van der Waals surface area contributed by atoms with Gasteiger partial charge in [-0.15, -0.1) is 5.10 Å². The Balaban J connectivity index is 1.58. The monoisotopic (exact) mass is 420 g/mol. The van der Waals surface area contributed by atoms with Crippen LogP contribution in [0.15, 0.2) is 48.5 Å². The van der Waals surface area contributed by atoms with E-state index < -0.39 is 0 Å². The molecule has 2 aromatic heterocycles. The van der Waals surface area contributed by atoms with Crippen molar-refractivity contribution >= 4 is 16.3 Å². The minimum absolute atomic E-state index is 0.0807. The summed E-state index contributed by atoms with van der Waals surface area (Å²) in [6.07, 6.45) is 0.990. The highest BCUT2D eigenvalue weighted by Gasteiger charge is 2.31. The van der Waals surface area contributed by atoms with Crippen LogP contribution >= 0.6 is 11.3 Å². The van der Waals surface area contributed by atoms with E-state index in [-0.39, 0.29) is 11.9 Å². The number of aryl methyl sites for hydroxylation is 1. The second-order valence-corrected chi connectivity index (χ2v) is 8.55. The standard InChI is InChI=1S/C23H24N4O2S/c1-3-29-19-10-8-17(9-11-19)20(21-22(28)27-23(30-21)24-15(2)25-27)26-13-12-16-6-4-5-7-18(16)14-26/h4-11,20,28H,3,12-14H2,1-2H3. The van der Waals surface area contributed by atoms with Crippen LogP contribution in [0.5, 0.6) is 11.6 Å². The molecule has 0 saturated heterocycles. The first-order valence-corrected chi connectivity index (χ1v) is 11.0. The average molecular weight is 421 g/mol. The highest BCUT2D eigenvalue weighted by molar-refractivity contribution is 7.17. The fourth-order valence-electron chi connectivity index (χ4n) is 4.21. The topological polar surface area (TPSA) is 62.9 Å². The van der Waals surface area contributed by atoms with Crippen LogP contribution in [0.25, 0.3) is 4.96 Å². The molecule has 0 bridgehead atoms. The van der Waals surface area contributed by atoms with E-state index in [0.29, 0.717) is 17.4 Å². The van der Waals surface area contributed by atoms with Crippen molar-refractivity contribution in [2.24, 2.45) is 0 Å². The Morgan fingerprint density at radius 1 is 1.13 bits per heavy atom. The summed E-state index contributed by atoms with van der Waals surface area (Å²) in [5.74, 6) is 1.69. The van der Waals surface area contributed by atoms with Gasteiger partial charge in [0.1, 0.15) is 11.6 Å². The zero-order valence-corrected chi connectivity index (χ0v) is 17.9. The maximum absolute atomic E-state index is 11.0. The van der Waals surface area contributed by atoms with Gasteiger partial charge in [-0.2, -0.15) is 4.52 Å². The van der Waals surface area contributed by atoms with Gasteiger partial charge >= 0.3 is 0 Å². The van der Waals surface area contributed by atoms with Gasteiger partial charge in [0.05, 0.1) is 17.5 Å². The van der Waals surface area contributed by atoms with Gasteiger partial charge in [-0.05, 0) is 49.1 Å². The maximum atomic E-state index is 11.0. The lowest BCUT2D eigenvalue weighted by atomic mass is 9.95. The molecule has 4 aromatic rings. The van der Waals surface area contributed by atoms with Crippen molar-refractivity contribution in [2.45, 2.75) is 32.9 Å². The van der Waals surface area contributed by atoms with Crippen molar-refractivity contribution in [3.05, 3.63) is 75.9 Å². The lowest BCUT2D eigenvalue weighted by Crippen LogP contribution is -2.34. The Bertz CT molecular complexity index is 1180. The maximum Gasteiger partial charge on any atom is 0.230 e. The first-order valence-electron chi connectivity index (χ1n) is 10.2. The van der Waals surface area contributed by atoms with Crippen molar-refractivity contribution in [3.8, 4) is 11.6 Å². The van der Waals surface area contributed by atoms with Gasteiger partial charge in [-0.1, -0.05) is 47.7 Å². The Kier molecular flexibility index (Phi) is 4.92. The molecule has 1 atom stereocenters. The van der Waals surface area contributed by atoms with Crippen LogP contribution in [-0.4, -0.2) is 37.8 Å². The van der Waals surface area contributed by atoms with Crippen molar-refractivity contribution in [2.75, 3.05) is 13.2 Å². The molecule has 5 rings (SSSR count). The lowest BCUT2D eigenvalue weighted by molar-refractivity contribution is 0.205. The summed E-state index contributed by atoms with van der Waals surface area (Å²) in [5, 5.41) is 15.4. The van der Waals surface area contributed by atoms with Crippen LogP contribution in [0.2, 0.25) is 0 Å². The summed E-state index contributed by atoms with van der Waals surface area (Å²) in [7, 11) is 0. The molecule has 7 heteroatoms. The van der Waals surface area contributed by atoms with Crippen LogP contribution in [0.4, 0.5) is 0 Å². The Labute approximate surface area is 179 Å². The van der Waals surface area contributed by atoms with Gasteiger partial charge in [-0.3, -0.25) is 4.90 Å². The summed E-state index contributed by atoms with van der Waals surface area (Å²) < 4.78 is 7.18. The SMILES string of the molecule is CCOc1ccc(C(c2sc3nc(C)nn3c2O)N2CCc3ccccc3C2)cc1. The van der Waals surface area contributed by atoms with E-state index in [4.69, 9.17) is 4.74 Å². The minimum atomic E-state index is -0.0807. The second-order valence-electron chi connectivity index (χ2n) is 7.54. The third-order valence-electron chi connectivity index (χ3n) is 5.59. The summed E-state index contributed by atoms with van der Waals surface area (Å²) in [6, 6.07) is 16.7. The molecule has 0 amide bonds. The van der Waals surface area contributed by atoms with Crippen LogP contribution in [-0.2, 0) is 13.0 Å². The van der Waals surface area contributed by atoms with E-state index >= 15 is 0 Å². The number of rotatable bonds is 5. The molecule has 0 saturated carbocycles. The van der Waals surface area contributed by atoms with E-state index in [1.54, 1.807) is 4.52 Å². The van der Waals surface area contributed by atoms with Crippen molar-refractivity contribution in [3.63, 3.8) is 0 Å². The number of aromatic hydroxyl groups is 1. The fourth-order valence-corrected chi connectivity index (χ4v) is 5.37. The van der Waals surface area contributed by atoms with Gasteiger partial charge in [-0.25, -0.2) is 4.98 Å². The first-order chi connectivity index (χ1) is 14.6. The molecule has 1 N–H and O–H groups in total. The van der Waals surface area contributed by atoms with Gasteiger partial charge in [0.25, 0.3) is 0 Å². The van der Waals surface area contributed by atoms with Crippen molar-refractivity contribution in [1.29, 1.82) is 0 Å². The molecular formula is C23H24N4O2S. The quantitative estimate of drug-likeness (QED) is 0.520. The van der Waals surface area contributed by atoms with Gasteiger partial charge < -0.3 is 9.84 Å². The molecule has 0 radical (unpaired) electrons. The van der Waals surface area contributed by atoms with E-state index in [1.807, 2.05) is 26.0 Å². The fraction of sp³-hybridized carbons (Fsp3) is 0.304. The van der Waals surface area contributed by atoms with E-state index in [0.717, 1.165) is 35.7 Å². The van der Waals surface area contributed by atoms with Gasteiger partial charge in [0, 0.05) is 13.1 Å². The van der Waals surface area contributed by atoms with Crippen molar-refractivity contribution < 1.29 is 9.84 Å². The summed E-state index contributed by atoms with van der Waals surface area (Å²) >= 11 is 1.50. The van der Waals surface area contributed by atoms with Crippen LogP contribution in [0.3, 0.4) is 0 Å². The van der Waals surface area contributed by atoms with Gasteiger partial charge in [0.2, 0.25) is 10.8 Å². The number of fused-ring (bicyclic) bond motifs is 2. The molecule has 1 aliphatic heterocycles. The first kappa shape index (κ1) is 19.1. The molecule has 3 heterocycles. The highest BCUT2D eigenvalue weighted by Crippen LogP contribution is 2.41. The number of hydrogen-bond donors (Lipinski definition) is 1. The Morgan fingerprint density at radius 3 is 2.63 bits per heavy atom. The largest absolute Gasteiger partial charge is 0.494 e. The average Bonchev–Trinajstić information content (AvgIpc) is 3.27. The smallest absolute Gasteiger partial charge is 0.230 e. The predicted molar refractivity (Wildman–Crippen MR) is 117 cm³/mol. The summed E-state index contributed by atoms with van der Waals surface area (Å²) in [6.45, 7) is 6.21. The van der Waals surface area contributed by atoms with Crippen LogP contribution < -0.4 is 4.74 Å². The lowest BCUT2D eigenvalue weighted by Gasteiger charge is -2.35. The Morgan fingerprint density at radius 2 is 1.90 bits per heavy atom. The summed E-state index contributed by atoms with van der Waals surface area (Å²) in [4.78, 5) is 8.47. The zero-order chi connectivity index (χ0) is 20.7. The molecule has 0 fully saturated rings. The van der Waals surface area contributed by atoms with E-state index in [2.05, 4.69) is 51.4 Å². The number of nitrogens with zero attached hydrogens (tertiary/aromatic N) is 4. The van der Waals surface area contributed by atoms with E-state index in [1.165, 1.54) is 22.5 Å². The zero-order valence-electron chi connectivity index (χ0n) is 17.1. The molecular weight excluding hydrogens is 396 g/mol. The third kappa shape index (κ3) is 3.34. The van der Waals surface area contributed by atoms with Crippen LogP contribution in [0, 0.1) is 6.92 Å². The minimum Gasteiger partial charge on any atom is -0.494 e. The summed E-state index contributed by atoms with van der Waals surface area (Å²) in [5.41, 5.74) is 3.87. The number of hydrogen-bond acceptors (Lipinski definition) is 6. The molecule has 0 aliphatic carbocycles. The highest BCUT2D eigenvalue weighted by atomic mass is 32.1. The molecule has 2 aromatic carbocycles. The Hall–Kier alpha value is -2.90. The van der Waals surface area contributed by atoms with E-state index in [9.17, 15) is 5.11 Å². The molecule has 6 nitrogen and oxygen atoms in total. The number of aromatic nitrogens is 3. The molecule has 1 aliphatic rings. The normalized spacial score (nSPS) is 15.3. The number of ether oxygens (including phenoxy) is 1. The molecule has 1 unspecified atom stereocenters.